The van der Waals surface area contributed by atoms with Crippen LogP contribution in [0.3, 0.4) is 0 Å². The average molecular weight is 475 g/mol. The van der Waals surface area contributed by atoms with Crippen LogP contribution < -0.4 is 10.6 Å². The van der Waals surface area contributed by atoms with Crippen molar-refractivity contribution >= 4 is 29.9 Å². The molecule has 0 aromatic heterocycles. The quantitative estimate of drug-likeness (QED) is 0.248. The molecule has 1 aliphatic rings. The SMILES string of the molecule is CCNC(=NCc1ccc(C)cc1C)NCCCOCC1CCCO1.I. The maximum absolute atomic E-state index is 5.69. The molecular weight excluding hydrogens is 441 g/mol. The number of ether oxygens (including phenoxy) is 2. The van der Waals surface area contributed by atoms with Gasteiger partial charge in [-0.3, -0.25) is 0 Å². The Morgan fingerprint density at radius 3 is 2.85 bits per heavy atom. The van der Waals surface area contributed by atoms with Gasteiger partial charge < -0.3 is 20.1 Å². The van der Waals surface area contributed by atoms with Crippen LogP contribution >= 0.6 is 24.0 Å². The van der Waals surface area contributed by atoms with E-state index in [1.54, 1.807) is 0 Å². The molecule has 26 heavy (non-hydrogen) atoms. The number of hydrogen-bond donors (Lipinski definition) is 2. The maximum Gasteiger partial charge on any atom is 0.191 e. The fourth-order valence-corrected chi connectivity index (χ4v) is 2.90. The zero-order chi connectivity index (χ0) is 17.9. The Morgan fingerprint density at radius 1 is 1.31 bits per heavy atom. The van der Waals surface area contributed by atoms with Crippen LogP contribution in [0.2, 0.25) is 0 Å². The number of hydrogen-bond acceptors (Lipinski definition) is 3. The molecule has 6 heteroatoms. The number of halogens is 1. The van der Waals surface area contributed by atoms with Crippen molar-refractivity contribution in [1.29, 1.82) is 0 Å². The highest BCUT2D eigenvalue weighted by molar-refractivity contribution is 14.0. The van der Waals surface area contributed by atoms with Gasteiger partial charge in [0.1, 0.15) is 0 Å². The molecule has 148 valence electrons. The topological polar surface area (TPSA) is 54.9 Å². The van der Waals surface area contributed by atoms with Crippen LogP contribution in [0, 0.1) is 13.8 Å². The van der Waals surface area contributed by atoms with Gasteiger partial charge in [0.25, 0.3) is 0 Å². The first-order valence-corrected chi connectivity index (χ1v) is 9.46. The van der Waals surface area contributed by atoms with E-state index >= 15 is 0 Å². The molecule has 1 heterocycles. The summed E-state index contributed by atoms with van der Waals surface area (Å²) in [5.74, 6) is 0.863. The summed E-state index contributed by atoms with van der Waals surface area (Å²) in [6, 6.07) is 6.51. The van der Waals surface area contributed by atoms with Crippen LogP contribution in [0.1, 0.15) is 42.9 Å². The first-order chi connectivity index (χ1) is 12.2. The summed E-state index contributed by atoms with van der Waals surface area (Å²) in [7, 11) is 0. The first-order valence-electron chi connectivity index (χ1n) is 9.46. The summed E-state index contributed by atoms with van der Waals surface area (Å²) in [5, 5.41) is 6.68. The third-order valence-corrected chi connectivity index (χ3v) is 4.34. The Kier molecular flexibility index (Phi) is 11.9. The van der Waals surface area contributed by atoms with E-state index in [-0.39, 0.29) is 24.0 Å². The average Bonchev–Trinajstić information content (AvgIpc) is 3.10. The van der Waals surface area contributed by atoms with Crippen molar-refractivity contribution in [3.05, 3.63) is 34.9 Å². The maximum atomic E-state index is 5.69. The zero-order valence-corrected chi connectivity index (χ0v) is 18.7. The Labute approximate surface area is 175 Å². The summed E-state index contributed by atoms with van der Waals surface area (Å²) < 4.78 is 11.2. The first kappa shape index (κ1) is 23.2. The molecule has 0 spiro atoms. The molecule has 1 fully saturated rings. The highest BCUT2D eigenvalue weighted by Gasteiger charge is 2.14. The van der Waals surface area contributed by atoms with E-state index in [0.29, 0.717) is 12.6 Å². The van der Waals surface area contributed by atoms with Crippen molar-refractivity contribution in [3.63, 3.8) is 0 Å². The van der Waals surface area contributed by atoms with E-state index in [9.17, 15) is 0 Å². The van der Waals surface area contributed by atoms with E-state index in [0.717, 1.165) is 51.7 Å². The molecule has 0 aliphatic carbocycles. The molecular formula is C20H34IN3O2. The van der Waals surface area contributed by atoms with E-state index in [1.165, 1.54) is 23.1 Å². The standard InChI is InChI=1S/C20H33N3O2.HI/c1-4-21-20(23-14-18-9-8-16(2)13-17(18)3)22-10-6-11-24-15-19-7-5-12-25-19;/h8-9,13,19H,4-7,10-12,14-15H2,1-3H3,(H2,21,22,23);1H. The van der Waals surface area contributed by atoms with Crippen LogP contribution in [-0.4, -0.2) is 45.0 Å². The molecule has 1 unspecified atom stereocenters. The van der Waals surface area contributed by atoms with E-state index in [4.69, 9.17) is 9.47 Å². The third-order valence-electron chi connectivity index (χ3n) is 4.34. The van der Waals surface area contributed by atoms with Gasteiger partial charge >= 0.3 is 0 Å². The molecule has 0 amide bonds. The number of rotatable bonds is 9. The van der Waals surface area contributed by atoms with Gasteiger partial charge in [-0.25, -0.2) is 4.99 Å². The van der Waals surface area contributed by atoms with Crippen molar-refractivity contribution < 1.29 is 9.47 Å². The van der Waals surface area contributed by atoms with Crippen LogP contribution in [0.25, 0.3) is 0 Å². The van der Waals surface area contributed by atoms with Crippen molar-refractivity contribution in [1.82, 2.24) is 10.6 Å². The van der Waals surface area contributed by atoms with Gasteiger partial charge in [-0.1, -0.05) is 23.8 Å². The number of benzene rings is 1. The van der Waals surface area contributed by atoms with E-state index in [1.807, 2.05) is 0 Å². The van der Waals surface area contributed by atoms with Gasteiger partial charge in [0.05, 0.1) is 19.3 Å². The van der Waals surface area contributed by atoms with Crippen LogP contribution in [0.5, 0.6) is 0 Å². The summed E-state index contributed by atoms with van der Waals surface area (Å²) in [6.45, 7) is 11.1. The molecule has 2 N–H and O–H groups in total. The van der Waals surface area contributed by atoms with Gasteiger partial charge in [-0.15, -0.1) is 24.0 Å². The molecule has 1 aliphatic heterocycles. The largest absolute Gasteiger partial charge is 0.379 e. The van der Waals surface area contributed by atoms with Gasteiger partial charge in [0, 0.05) is 26.3 Å². The molecule has 2 rings (SSSR count). The van der Waals surface area contributed by atoms with Gasteiger partial charge in [0.2, 0.25) is 0 Å². The number of nitrogens with one attached hydrogen (secondary N) is 2. The third kappa shape index (κ3) is 8.68. The summed E-state index contributed by atoms with van der Waals surface area (Å²) in [5.41, 5.74) is 3.85. The fourth-order valence-electron chi connectivity index (χ4n) is 2.90. The molecule has 5 nitrogen and oxygen atoms in total. The van der Waals surface area contributed by atoms with Gasteiger partial charge in [-0.2, -0.15) is 0 Å². The minimum atomic E-state index is 0. The van der Waals surface area contributed by atoms with Crippen LogP contribution in [-0.2, 0) is 16.0 Å². The summed E-state index contributed by atoms with van der Waals surface area (Å²) in [4.78, 5) is 4.69. The van der Waals surface area contributed by atoms with Gasteiger partial charge in [0.15, 0.2) is 5.96 Å². The number of guanidine groups is 1. The van der Waals surface area contributed by atoms with Crippen LogP contribution in [0.4, 0.5) is 0 Å². The Morgan fingerprint density at radius 2 is 2.15 bits per heavy atom. The van der Waals surface area contributed by atoms with E-state index in [2.05, 4.69) is 54.6 Å². The molecule has 0 bridgehead atoms. The molecule has 0 radical (unpaired) electrons. The second-order valence-electron chi connectivity index (χ2n) is 6.62. The lowest BCUT2D eigenvalue weighted by Crippen LogP contribution is -2.38. The summed E-state index contributed by atoms with van der Waals surface area (Å²) in [6.07, 6.45) is 3.57. The van der Waals surface area contributed by atoms with Crippen LogP contribution in [0.15, 0.2) is 23.2 Å². The predicted octanol–water partition coefficient (Wildman–Crippen LogP) is 3.56. The number of aliphatic imine (C=N–C) groups is 1. The lowest BCUT2D eigenvalue weighted by atomic mass is 10.1. The highest BCUT2D eigenvalue weighted by Crippen LogP contribution is 2.12. The van der Waals surface area contributed by atoms with Crippen molar-refractivity contribution in [3.8, 4) is 0 Å². The minimum Gasteiger partial charge on any atom is -0.379 e. The van der Waals surface area contributed by atoms with E-state index < -0.39 is 0 Å². The smallest absolute Gasteiger partial charge is 0.191 e. The molecule has 0 saturated carbocycles. The number of nitrogens with zero attached hydrogens (tertiary/aromatic N) is 1. The van der Waals surface area contributed by atoms with Gasteiger partial charge in [-0.05, 0) is 51.2 Å². The predicted molar refractivity (Wildman–Crippen MR) is 119 cm³/mol. The fraction of sp³-hybridized carbons (Fsp3) is 0.650. The molecule has 1 aromatic carbocycles. The van der Waals surface area contributed by atoms with Crippen molar-refractivity contribution in [2.45, 2.75) is 52.7 Å². The zero-order valence-electron chi connectivity index (χ0n) is 16.3. The Balaban J connectivity index is 0.00000338. The molecule has 1 atom stereocenters. The monoisotopic (exact) mass is 475 g/mol. The Bertz CT molecular complexity index is 546. The normalized spacial score (nSPS) is 17.0. The number of aryl methyl sites for hydroxylation is 2. The summed E-state index contributed by atoms with van der Waals surface area (Å²) >= 11 is 0. The van der Waals surface area contributed by atoms with Crippen molar-refractivity contribution in [2.75, 3.05) is 32.9 Å². The second kappa shape index (κ2) is 13.3. The van der Waals surface area contributed by atoms with Crippen molar-refractivity contribution in [2.24, 2.45) is 4.99 Å². The minimum absolute atomic E-state index is 0. The lowest BCUT2D eigenvalue weighted by molar-refractivity contribution is 0.0168. The highest BCUT2D eigenvalue weighted by atomic mass is 127. The lowest BCUT2D eigenvalue weighted by Gasteiger charge is -2.13. The molecule has 1 saturated heterocycles. The Hall–Kier alpha value is -0.860. The second-order valence-corrected chi connectivity index (χ2v) is 6.62. The molecule has 1 aromatic rings.